The Kier molecular flexibility index (Phi) is 8.88. The highest BCUT2D eigenvalue weighted by molar-refractivity contribution is 7.80. The summed E-state index contributed by atoms with van der Waals surface area (Å²) in [6, 6.07) is 16.1. The molecule has 3 atom stereocenters. The minimum absolute atomic E-state index is 0.176. The smallest absolute Gasteiger partial charge is 0.261 e. The Morgan fingerprint density at radius 3 is 2.26 bits per heavy atom. The SMILES string of the molecule is COc1ccc(NC(=S)OC2CCN(CCCOc3ccc(OC)cc3)C3CCCCC23)cc1. The lowest BCUT2D eigenvalue weighted by Gasteiger charge is -2.47. The van der Waals surface area contributed by atoms with Crippen LogP contribution < -0.4 is 19.5 Å². The van der Waals surface area contributed by atoms with Crippen molar-refractivity contribution in [1.29, 1.82) is 0 Å². The molecule has 0 bridgehead atoms. The van der Waals surface area contributed by atoms with Gasteiger partial charge in [-0.05, 0) is 86.4 Å². The Hall–Kier alpha value is -2.51. The zero-order chi connectivity index (χ0) is 23.8. The molecule has 1 heterocycles. The Morgan fingerprint density at radius 2 is 1.56 bits per heavy atom. The zero-order valence-corrected chi connectivity index (χ0v) is 21.0. The number of nitrogens with zero attached hydrogens (tertiary/aromatic N) is 1. The predicted molar refractivity (Wildman–Crippen MR) is 139 cm³/mol. The molecule has 4 rings (SSSR count). The van der Waals surface area contributed by atoms with Gasteiger partial charge >= 0.3 is 0 Å². The molecule has 2 aromatic carbocycles. The van der Waals surface area contributed by atoms with Crippen molar-refractivity contribution >= 4 is 23.1 Å². The molecule has 3 unspecified atom stereocenters. The number of thiocarbonyl (C=S) groups is 1. The third-order valence-corrected chi connectivity index (χ3v) is 7.14. The average molecular weight is 485 g/mol. The molecule has 0 radical (unpaired) electrons. The van der Waals surface area contributed by atoms with E-state index in [0.717, 1.165) is 55.5 Å². The van der Waals surface area contributed by atoms with Gasteiger partial charge in [-0.25, -0.2) is 0 Å². The van der Waals surface area contributed by atoms with Crippen LogP contribution in [0.4, 0.5) is 5.69 Å². The van der Waals surface area contributed by atoms with Crippen LogP contribution >= 0.6 is 12.2 Å². The number of methoxy groups -OCH3 is 2. The van der Waals surface area contributed by atoms with E-state index in [-0.39, 0.29) is 6.10 Å². The van der Waals surface area contributed by atoms with E-state index in [0.29, 0.717) is 17.1 Å². The molecule has 1 N–H and O–H groups in total. The fourth-order valence-corrected chi connectivity index (χ4v) is 5.45. The van der Waals surface area contributed by atoms with Gasteiger partial charge in [-0.3, -0.25) is 4.90 Å². The van der Waals surface area contributed by atoms with Gasteiger partial charge < -0.3 is 24.3 Å². The molecular weight excluding hydrogens is 448 g/mol. The first kappa shape index (κ1) is 24.6. The summed E-state index contributed by atoms with van der Waals surface area (Å²) in [5, 5.41) is 3.69. The zero-order valence-electron chi connectivity index (χ0n) is 20.2. The van der Waals surface area contributed by atoms with Crippen molar-refractivity contribution in [3.63, 3.8) is 0 Å². The molecule has 1 aliphatic carbocycles. The van der Waals surface area contributed by atoms with E-state index in [2.05, 4.69) is 10.2 Å². The molecule has 2 fully saturated rings. The summed E-state index contributed by atoms with van der Waals surface area (Å²) >= 11 is 5.55. The van der Waals surface area contributed by atoms with Crippen LogP contribution in [0.3, 0.4) is 0 Å². The van der Waals surface area contributed by atoms with Crippen molar-refractivity contribution in [1.82, 2.24) is 4.90 Å². The molecule has 2 aromatic rings. The second-order valence-electron chi connectivity index (χ2n) is 9.02. The van der Waals surface area contributed by atoms with Crippen LogP contribution in [0.1, 0.15) is 38.5 Å². The van der Waals surface area contributed by atoms with Crippen molar-refractivity contribution in [3.8, 4) is 17.2 Å². The van der Waals surface area contributed by atoms with Crippen LogP contribution in [-0.4, -0.2) is 56.1 Å². The third-order valence-electron chi connectivity index (χ3n) is 6.94. The van der Waals surface area contributed by atoms with Crippen LogP contribution in [0.5, 0.6) is 17.2 Å². The number of fused-ring (bicyclic) bond motifs is 1. The first-order valence-corrected chi connectivity index (χ1v) is 12.7. The Morgan fingerprint density at radius 1 is 0.912 bits per heavy atom. The van der Waals surface area contributed by atoms with Gasteiger partial charge in [0.2, 0.25) is 0 Å². The van der Waals surface area contributed by atoms with Gasteiger partial charge in [0.1, 0.15) is 23.4 Å². The van der Waals surface area contributed by atoms with Crippen LogP contribution in [-0.2, 0) is 4.74 Å². The van der Waals surface area contributed by atoms with E-state index in [1.807, 2.05) is 48.5 Å². The van der Waals surface area contributed by atoms with E-state index in [1.54, 1.807) is 14.2 Å². The summed E-state index contributed by atoms with van der Waals surface area (Å²) in [6.45, 7) is 2.81. The molecule has 6 nitrogen and oxygen atoms in total. The molecule has 0 spiro atoms. The minimum Gasteiger partial charge on any atom is -0.497 e. The Bertz CT molecular complexity index is 906. The van der Waals surface area contributed by atoms with Crippen LogP contribution in [0.2, 0.25) is 0 Å². The molecule has 0 amide bonds. The highest BCUT2D eigenvalue weighted by Crippen LogP contribution is 2.37. The minimum atomic E-state index is 0.176. The highest BCUT2D eigenvalue weighted by atomic mass is 32.1. The lowest BCUT2D eigenvalue weighted by Crippen LogP contribution is -2.54. The number of rotatable bonds is 9. The van der Waals surface area contributed by atoms with E-state index in [1.165, 1.54) is 25.7 Å². The lowest BCUT2D eigenvalue weighted by molar-refractivity contribution is -0.0288. The maximum atomic E-state index is 6.30. The Balaban J connectivity index is 1.25. The monoisotopic (exact) mass is 484 g/mol. The Labute approximate surface area is 208 Å². The van der Waals surface area contributed by atoms with Crippen molar-refractivity contribution in [3.05, 3.63) is 48.5 Å². The standard InChI is InChI=1S/C27H36N2O4S/c1-30-21-10-8-20(9-11-21)28-27(34)33-26-16-18-29(25-7-4-3-6-24(25)26)17-5-19-32-23-14-12-22(31-2)13-15-23/h8-15,24-26H,3-7,16-19H2,1-2H3,(H,28,34). The molecule has 34 heavy (non-hydrogen) atoms. The lowest BCUT2D eigenvalue weighted by atomic mass is 9.76. The van der Waals surface area contributed by atoms with E-state index < -0.39 is 0 Å². The summed E-state index contributed by atoms with van der Waals surface area (Å²) in [5.74, 6) is 3.09. The van der Waals surface area contributed by atoms with Gasteiger partial charge in [0, 0.05) is 30.7 Å². The summed E-state index contributed by atoms with van der Waals surface area (Å²) in [4.78, 5) is 2.65. The summed E-state index contributed by atoms with van der Waals surface area (Å²) < 4.78 is 22.7. The van der Waals surface area contributed by atoms with Crippen LogP contribution in [0, 0.1) is 5.92 Å². The number of ether oxygens (including phenoxy) is 4. The number of anilines is 1. The average Bonchev–Trinajstić information content (AvgIpc) is 2.88. The largest absolute Gasteiger partial charge is 0.497 e. The normalized spacial score (nSPS) is 22.4. The number of benzene rings is 2. The predicted octanol–water partition coefficient (Wildman–Crippen LogP) is 5.52. The summed E-state index contributed by atoms with van der Waals surface area (Å²) in [7, 11) is 3.34. The molecule has 1 aliphatic heterocycles. The molecule has 1 saturated heterocycles. The number of nitrogens with one attached hydrogen (secondary N) is 1. The molecular formula is C27H36N2O4S. The van der Waals surface area contributed by atoms with Gasteiger partial charge in [-0.15, -0.1) is 0 Å². The van der Waals surface area contributed by atoms with Crippen molar-refractivity contribution in [2.75, 3.05) is 39.2 Å². The van der Waals surface area contributed by atoms with Crippen molar-refractivity contribution in [2.24, 2.45) is 5.92 Å². The van der Waals surface area contributed by atoms with Gasteiger partial charge in [-0.1, -0.05) is 12.8 Å². The quantitative estimate of drug-likeness (QED) is 0.371. The van der Waals surface area contributed by atoms with E-state index in [4.69, 9.17) is 31.2 Å². The first-order valence-electron chi connectivity index (χ1n) is 12.3. The van der Waals surface area contributed by atoms with E-state index >= 15 is 0 Å². The van der Waals surface area contributed by atoms with Gasteiger partial charge in [0.25, 0.3) is 5.17 Å². The molecule has 2 aliphatic rings. The highest BCUT2D eigenvalue weighted by Gasteiger charge is 2.40. The second-order valence-corrected chi connectivity index (χ2v) is 9.39. The maximum Gasteiger partial charge on any atom is 0.261 e. The molecule has 0 aromatic heterocycles. The second kappa shape index (κ2) is 12.3. The number of hydrogen-bond acceptors (Lipinski definition) is 6. The number of likely N-dealkylation sites (tertiary alicyclic amines) is 1. The van der Waals surface area contributed by atoms with Crippen LogP contribution in [0.15, 0.2) is 48.5 Å². The molecule has 7 heteroatoms. The maximum absolute atomic E-state index is 6.30. The molecule has 184 valence electrons. The fourth-order valence-electron chi connectivity index (χ4n) is 5.21. The number of piperidine rings is 1. The third kappa shape index (κ3) is 6.54. The van der Waals surface area contributed by atoms with E-state index in [9.17, 15) is 0 Å². The first-order chi connectivity index (χ1) is 16.7. The van der Waals surface area contributed by atoms with Gasteiger partial charge in [0.05, 0.1) is 20.8 Å². The van der Waals surface area contributed by atoms with Crippen LogP contribution in [0.25, 0.3) is 0 Å². The molecule has 1 saturated carbocycles. The summed E-state index contributed by atoms with van der Waals surface area (Å²) in [6.07, 6.45) is 7.20. The van der Waals surface area contributed by atoms with Gasteiger partial charge in [0.15, 0.2) is 0 Å². The summed E-state index contributed by atoms with van der Waals surface area (Å²) in [5.41, 5.74) is 0.917. The number of hydrogen-bond donors (Lipinski definition) is 1. The van der Waals surface area contributed by atoms with Crippen molar-refractivity contribution < 1.29 is 18.9 Å². The topological polar surface area (TPSA) is 52.2 Å². The van der Waals surface area contributed by atoms with Crippen molar-refractivity contribution in [2.45, 2.75) is 50.7 Å². The van der Waals surface area contributed by atoms with Gasteiger partial charge in [-0.2, -0.15) is 0 Å². The fraction of sp³-hybridized carbons (Fsp3) is 0.519.